The highest BCUT2D eigenvalue weighted by molar-refractivity contribution is 9.13. The van der Waals surface area contributed by atoms with Crippen molar-refractivity contribution < 1.29 is 4.79 Å². The molecular weight excluding hydrogens is 368 g/mol. The van der Waals surface area contributed by atoms with Crippen LogP contribution in [0.15, 0.2) is 26.7 Å². The highest BCUT2D eigenvalue weighted by Gasteiger charge is 2.18. The number of hydrogen-bond acceptors (Lipinski definition) is 3. The van der Waals surface area contributed by atoms with Crippen LogP contribution in [-0.2, 0) is 6.54 Å². The largest absolute Gasteiger partial charge is 0.328 e. The maximum absolute atomic E-state index is 12.3. The molecule has 2 heterocycles. The van der Waals surface area contributed by atoms with Gasteiger partial charge in [0.2, 0.25) is 5.78 Å². The van der Waals surface area contributed by atoms with Crippen molar-refractivity contribution in [2.24, 2.45) is 0 Å². The number of imidazole rings is 1. The van der Waals surface area contributed by atoms with Gasteiger partial charge in [0.1, 0.15) is 0 Å². The molecule has 2 aromatic rings. The lowest BCUT2D eigenvalue weighted by molar-refractivity contribution is 0.102. The topological polar surface area (TPSA) is 34.9 Å². The van der Waals surface area contributed by atoms with Crippen molar-refractivity contribution in [2.75, 3.05) is 0 Å². The summed E-state index contributed by atoms with van der Waals surface area (Å²) in [4.78, 5) is 17.1. The summed E-state index contributed by atoms with van der Waals surface area (Å²) >= 11 is 8.18. The van der Waals surface area contributed by atoms with Crippen LogP contribution in [-0.4, -0.2) is 15.3 Å². The molecule has 0 radical (unpaired) electrons. The minimum absolute atomic E-state index is 0.0279. The van der Waals surface area contributed by atoms with Gasteiger partial charge in [0.05, 0.1) is 8.66 Å². The lowest BCUT2D eigenvalue weighted by Gasteiger charge is -2.03. The Morgan fingerprint density at radius 1 is 1.53 bits per heavy atom. The Kier molecular flexibility index (Phi) is 4.17. The molecule has 0 aromatic carbocycles. The van der Waals surface area contributed by atoms with Crippen LogP contribution in [0.3, 0.4) is 0 Å². The zero-order chi connectivity index (χ0) is 12.4. The molecule has 17 heavy (non-hydrogen) atoms. The summed E-state index contributed by atoms with van der Waals surface area (Å²) in [5.74, 6) is 0.480. The first kappa shape index (κ1) is 13.0. The van der Waals surface area contributed by atoms with Gasteiger partial charge >= 0.3 is 0 Å². The number of nitrogens with zero attached hydrogens (tertiary/aromatic N) is 2. The van der Waals surface area contributed by atoms with E-state index in [0.717, 1.165) is 21.2 Å². The summed E-state index contributed by atoms with van der Waals surface area (Å²) in [5.41, 5.74) is 0. The molecule has 0 unspecified atom stereocenters. The average Bonchev–Trinajstić information content (AvgIpc) is 2.87. The number of carbonyl (C=O) groups is 1. The molecule has 0 aliphatic carbocycles. The average molecular weight is 378 g/mol. The van der Waals surface area contributed by atoms with Crippen LogP contribution in [0.25, 0.3) is 0 Å². The minimum Gasteiger partial charge on any atom is -0.328 e. The molecule has 0 atom stereocenters. The van der Waals surface area contributed by atoms with Gasteiger partial charge in [0.15, 0.2) is 5.82 Å². The van der Waals surface area contributed by atoms with Gasteiger partial charge in [-0.1, -0.05) is 6.92 Å². The molecule has 0 aliphatic heterocycles. The molecule has 0 aliphatic rings. The predicted octanol–water partition coefficient (Wildman–Crippen LogP) is 4.11. The van der Waals surface area contributed by atoms with E-state index in [0.29, 0.717) is 10.7 Å². The number of aryl methyl sites for hydroxylation is 1. The molecule has 0 fully saturated rings. The minimum atomic E-state index is -0.0279. The third kappa shape index (κ3) is 2.69. The van der Waals surface area contributed by atoms with Gasteiger partial charge in [0.25, 0.3) is 0 Å². The lowest BCUT2D eigenvalue weighted by atomic mass is 10.3. The Hall–Kier alpha value is -0.460. The molecule has 2 rings (SSSR count). The summed E-state index contributed by atoms with van der Waals surface area (Å²) in [5, 5.41) is 0. The Balaban J connectivity index is 2.33. The summed E-state index contributed by atoms with van der Waals surface area (Å²) in [6, 6.07) is 1.82. The Morgan fingerprint density at radius 2 is 2.29 bits per heavy atom. The van der Waals surface area contributed by atoms with Gasteiger partial charge in [-0.3, -0.25) is 4.79 Å². The van der Waals surface area contributed by atoms with E-state index < -0.39 is 0 Å². The van der Waals surface area contributed by atoms with E-state index in [4.69, 9.17) is 0 Å². The first-order valence-corrected chi connectivity index (χ1v) is 7.54. The molecule has 3 nitrogen and oxygen atoms in total. The Bertz CT molecular complexity index is 528. The van der Waals surface area contributed by atoms with Gasteiger partial charge in [0, 0.05) is 23.4 Å². The first-order valence-electron chi connectivity index (χ1n) is 5.14. The van der Waals surface area contributed by atoms with Crippen molar-refractivity contribution in [2.45, 2.75) is 19.9 Å². The van der Waals surface area contributed by atoms with Crippen molar-refractivity contribution in [3.05, 3.63) is 37.4 Å². The molecule has 0 N–H and O–H groups in total. The van der Waals surface area contributed by atoms with Gasteiger partial charge < -0.3 is 4.57 Å². The van der Waals surface area contributed by atoms with E-state index in [-0.39, 0.29) is 5.78 Å². The fraction of sp³-hybridized carbons (Fsp3) is 0.273. The molecule has 0 amide bonds. The monoisotopic (exact) mass is 376 g/mol. The number of ketones is 1. The van der Waals surface area contributed by atoms with Crippen molar-refractivity contribution in [3.63, 3.8) is 0 Å². The van der Waals surface area contributed by atoms with Gasteiger partial charge in [-0.25, -0.2) is 4.98 Å². The maximum atomic E-state index is 12.3. The van der Waals surface area contributed by atoms with Crippen molar-refractivity contribution in [3.8, 4) is 0 Å². The van der Waals surface area contributed by atoms with E-state index >= 15 is 0 Å². The molecule has 0 bridgehead atoms. The summed E-state index contributed by atoms with van der Waals surface area (Å²) in [6.45, 7) is 2.89. The van der Waals surface area contributed by atoms with Crippen molar-refractivity contribution in [1.29, 1.82) is 0 Å². The quantitative estimate of drug-likeness (QED) is 0.751. The zero-order valence-electron chi connectivity index (χ0n) is 9.11. The number of thiophene rings is 1. The molecule has 0 saturated heterocycles. The number of aromatic nitrogens is 2. The third-order valence-corrected chi connectivity index (χ3v) is 5.51. The van der Waals surface area contributed by atoms with Crippen LogP contribution in [0, 0.1) is 0 Å². The molecular formula is C11H10Br2N2OS. The van der Waals surface area contributed by atoms with Crippen LogP contribution in [0.5, 0.6) is 0 Å². The standard InChI is InChI=1S/C11H10Br2N2OS/c1-2-4-15-5-3-14-11(15)9(16)8-6-7(12)10(13)17-8/h3,5-6H,2,4H2,1H3. The fourth-order valence-corrected chi connectivity index (χ4v) is 3.48. The van der Waals surface area contributed by atoms with Crippen LogP contribution in [0.2, 0.25) is 0 Å². The van der Waals surface area contributed by atoms with E-state index in [1.807, 2.05) is 16.8 Å². The SMILES string of the molecule is CCCn1ccnc1C(=O)c1cc(Br)c(Br)s1. The number of hydrogen-bond donors (Lipinski definition) is 0. The summed E-state index contributed by atoms with van der Waals surface area (Å²) < 4.78 is 3.72. The predicted molar refractivity (Wildman–Crippen MR) is 75.7 cm³/mol. The van der Waals surface area contributed by atoms with E-state index in [1.54, 1.807) is 6.20 Å². The second-order valence-corrected chi connectivity index (χ2v) is 6.73. The maximum Gasteiger partial charge on any atom is 0.238 e. The zero-order valence-corrected chi connectivity index (χ0v) is 13.1. The van der Waals surface area contributed by atoms with E-state index in [2.05, 4.69) is 43.8 Å². The van der Waals surface area contributed by atoms with Gasteiger partial charge in [-0.15, -0.1) is 11.3 Å². The first-order chi connectivity index (χ1) is 8.13. The third-order valence-electron chi connectivity index (χ3n) is 2.25. The lowest BCUT2D eigenvalue weighted by Crippen LogP contribution is -2.09. The summed E-state index contributed by atoms with van der Waals surface area (Å²) in [7, 11) is 0. The second-order valence-electron chi connectivity index (χ2n) is 3.51. The van der Waals surface area contributed by atoms with Crippen LogP contribution in [0.1, 0.15) is 28.8 Å². The normalized spacial score (nSPS) is 10.8. The number of carbonyl (C=O) groups excluding carboxylic acids is 1. The Labute approximate surface area is 120 Å². The summed E-state index contributed by atoms with van der Waals surface area (Å²) in [6.07, 6.45) is 4.49. The number of halogens is 2. The van der Waals surface area contributed by atoms with E-state index in [9.17, 15) is 4.79 Å². The molecule has 0 spiro atoms. The molecule has 90 valence electrons. The van der Waals surface area contributed by atoms with Gasteiger partial charge in [-0.2, -0.15) is 0 Å². The molecule has 2 aromatic heterocycles. The highest BCUT2D eigenvalue weighted by atomic mass is 79.9. The van der Waals surface area contributed by atoms with E-state index in [1.165, 1.54) is 11.3 Å². The molecule has 0 saturated carbocycles. The molecule has 6 heteroatoms. The smallest absolute Gasteiger partial charge is 0.238 e. The van der Waals surface area contributed by atoms with Crippen LogP contribution < -0.4 is 0 Å². The second kappa shape index (κ2) is 5.46. The Morgan fingerprint density at radius 3 is 2.88 bits per heavy atom. The fourth-order valence-electron chi connectivity index (χ4n) is 1.51. The number of rotatable bonds is 4. The highest BCUT2D eigenvalue weighted by Crippen LogP contribution is 2.33. The van der Waals surface area contributed by atoms with Crippen LogP contribution in [0.4, 0.5) is 0 Å². The van der Waals surface area contributed by atoms with Crippen molar-refractivity contribution in [1.82, 2.24) is 9.55 Å². The van der Waals surface area contributed by atoms with Crippen molar-refractivity contribution >= 4 is 49.0 Å². The van der Waals surface area contributed by atoms with Crippen LogP contribution >= 0.6 is 43.2 Å². The van der Waals surface area contributed by atoms with Gasteiger partial charge in [-0.05, 0) is 44.3 Å².